The number of piperidine rings is 2. The monoisotopic (exact) mass is 950 g/mol. The first kappa shape index (κ1) is 43.8. The molecule has 294 valence electrons. The van der Waals surface area contributed by atoms with Gasteiger partial charge in [0.1, 0.15) is 14.8 Å². The van der Waals surface area contributed by atoms with Gasteiger partial charge >= 0.3 is 0 Å². The number of nitrogens with two attached hydrogens (primary N) is 1. The van der Waals surface area contributed by atoms with Gasteiger partial charge in [0, 0.05) is 40.2 Å². The summed E-state index contributed by atoms with van der Waals surface area (Å²) in [6, 6.07) is 4.61. The van der Waals surface area contributed by atoms with Gasteiger partial charge in [0.05, 0.1) is 31.5 Å². The van der Waals surface area contributed by atoms with Gasteiger partial charge in [-0.25, -0.2) is 30.3 Å². The van der Waals surface area contributed by atoms with Crippen LogP contribution in [0.15, 0.2) is 54.0 Å². The topological polar surface area (TPSA) is 166 Å². The van der Waals surface area contributed by atoms with Crippen LogP contribution in [0.2, 0.25) is 10.0 Å². The molecule has 21 heteroatoms. The van der Waals surface area contributed by atoms with Crippen LogP contribution in [0.5, 0.6) is 11.5 Å². The van der Waals surface area contributed by atoms with E-state index in [1.54, 1.807) is 13.8 Å². The molecule has 0 bridgehead atoms. The van der Waals surface area contributed by atoms with Crippen molar-refractivity contribution in [2.75, 3.05) is 33.9 Å². The van der Waals surface area contributed by atoms with Crippen LogP contribution >= 0.6 is 55.1 Å². The molecule has 2 atom stereocenters. The number of rotatable bonds is 8. The Morgan fingerprint density at radius 1 is 0.906 bits per heavy atom. The van der Waals surface area contributed by atoms with Crippen molar-refractivity contribution in [1.29, 1.82) is 0 Å². The molecule has 13 nitrogen and oxygen atoms in total. The molecule has 1 aromatic heterocycles. The summed E-state index contributed by atoms with van der Waals surface area (Å²) in [4.78, 5) is 12.0. The fourth-order valence-corrected chi connectivity index (χ4v) is 11.9. The fraction of sp³-hybridized carbons (Fsp3) is 0.500. The largest absolute Gasteiger partial charge is 0.492 e. The average molecular weight is 954 g/mol. The van der Waals surface area contributed by atoms with Gasteiger partial charge in [-0.05, 0) is 62.8 Å². The average Bonchev–Trinajstić information content (AvgIpc) is 3.06. The molecule has 0 radical (unpaired) electrons. The Balaban J connectivity index is 0.000000245. The van der Waals surface area contributed by atoms with Gasteiger partial charge in [-0.3, -0.25) is 16.1 Å². The van der Waals surface area contributed by atoms with Crippen LogP contribution in [0.4, 0.5) is 8.78 Å². The molecule has 2 fully saturated rings. The third-order valence-electron chi connectivity index (χ3n) is 9.26. The smallest absolute Gasteiger partial charge is 0.287 e. The first-order valence-electron chi connectivity index (χ1n) is 16.0. The number of sulfonamides is 2. The van der Waals surface area contributed by atoms with Gasteiger partial charge in [0.15, 0.2) is 23.1 Å². The minimum Gasteiger partial charge on any atom is -0.492 e. The van der Waals surface area contributed by atoms with Gasteiger partial charge in [-0.1, -0.05) is 68.9 Å². The summed E-state index contributed by atoms with van der Waals surface area (Å²) in [5.41, 5.74) is 0.949. The van der Waals surface area contributed by atoms with E-state index in [2.05, 4.69) is 42.4 Å². The fourth-order valence-electron chi connectivity index (χ4n) is 6.62. The summed E-state index contributed by atoms with van der Waals surface area (Å²) < 4.78 is 95.6. The van der Waals surface area contributed by atoms with Crippen LogP contribution in [0.3, 0.4) is 0 Å². The second-order valence-corrected chi connectivity index (χ2v) is 20.1. The lowest BCUT2D eigenvalue weighted by molar-refractivity contribution is 0.120. The normalized spacial score (nSPS) is 20.7. The summed E-state index contributed by atoms with van der Waals surface area (Å²) >= 11 is 18.1. The van der Waals surface area contributed by atoms with Gasteiger partial charge in [-0.2, -0.15) is 13.7 Å². The van der Waals surface area contributed by atoms with E-state index < -0.39 is 42.8 Å². The second-order valence-electron chi connectivity index (χ2n) is 13.8. The van der Waals surface area contributed by atoms with Gasteiger partial charge in [0.25, 0.3) is 5.56 Å². The Bertz CT molecular complexity index is 2150. The van der Waals surface area contributed by atoms with Crippen LogP contribution in [-0.4, -0.2) is 80.7 Å². The lowest BCUT2D eigenvalue weighted by Crippen LogP contribution is -2.57. The number of methoxy groups -OCH3 is 2. The van der Waals surface area contributed by atoms with Crippen molar-refractivity contribution in [2.24, 2.45) is 11.3 Å². The number of benzene rings is 2. The number of hydrogen-bond donors (Lipinski definition) is 2. The molecule has 2 aliphatic rings. The molecule has 53 heavy (non-hydrogen) atoms. The minimum atomic E-state index is -4.10. The maximum absolute atomic E-state index is 14.3. The lowest BCUT2D eigenvalue weighted by atomic mass is 9.80. The standard InChI is InChI=1S/C18H19BrCl2FN3O4S.C14H21BrFN3O3S/c1-18(2)8-11(25-17(26)15(21)12(20)9-23-25)4-5-24(18)30(27,28)14-7-10(19)6-13(22)16(14)29-3;1-14(2)8-19(5-4-12(14)18-17)23(20,21)11-7-9(15)6-10(16)13(11)22-3/h6-7,9,11H,4-5,8H2,1-3H3;6-7,12,18H,4-5,8,17H2,1-3H3. The summed E-state index contributed by atoms with van der Waals surface area (Å²) in [5.74, 6) is 3.40. The van der Waals surface area contributed by atoms with Crippen LogP contribution in [0.25, 0.3) is 0 Å². The van der Waals surface area contributed by atoms with Crippen molar-refractivity contribution >= 4 is 75.1 Å². The molecule has 0 aliphatic carbocycles. The van der Waals surface area contributed by atoms with Crippen LogP contribution in [0.1, 0.15) is 53.0 Å². The maximum Gasteiger partial charge on any atom is 0.287 e. The molecule has 5 rings (SSSR count). The maximum atomic E-state index is 14.3. The molecule has 3 aromatic rings. The number of hydrogen-bond acceptors (Lipinski definition) is 10. The zero-order chi connectivity index (χ0) is 39.8. The number of halogens is 6. The van der Waals surface area contributed by atoms with Gasteiger partial charge < -0.3 is 9.47 Å². The molecule has 0 amide bonds. The third-order valence-corrected chi connectivity index (χ3v) is 14.9. The molecular weight excluding hydrogens is 913 g/mol. The first-order chi connectivity index (χ1) is 24.5. The van der Waals surface area contributed by atoms with E-state index in [0.29, 0.717) is 23.9 Å². The van der Waals surface area contributed by atoms with Crippen LogP contribution in [-0.2, 0) is 20.0 Å². The quantitative estimate of drug-likeness (QED) is 0.199. The minimum absolute atomic E-state index is 0.00934. The molecule has 0 spiro atoms. The van der Waals surface area contributed by atoms with Crippen molar-refractivity contribution in [3.63, 3.8) is 0 Å². The number of nitrogens with one attached hydrogen (secondary N) is 1. The first-order valence-corrected chi connectivity index (χ1v) is 21.2. The Morgan fingerprint density at radius 2 is 1.43 bits per heavy atom. The zero-order valence-corrected chi connectivity index (χ0v) is 35.9. The molecule has 2 unspecified atom stereocenters. The van der Waals surface area contributed by atoms with Crippen molar-refractivity contribution < 1.29 is 35.1 Å². The van der Waals surface area contributed by atoms with Gasteiger partial charge in [-0.15, -0.1) is 0 Å². The predicted molar refractivity (Wildman–Crippen MR) is 204 cm³/mol. The highest BCUT2D eigenvalue weighted by atomic mass is 79.9. The number of ether oxygens (including phenoxy) is 2. The number of aromatic nitrogens is 2. The summed E-state index contributed by atoms with van der Waals surface area (Å²) in [5, 5.41) is 3.99. The van der Waals surface area contributed by atoms with E-state index in [0.717, 1.165) is 6.07 Å². The second kappa shape index (κ2) is 16.7. The van der Waals surface area contributed by atoms with E-state index in [-0.39, 0.29) is 72.8 Å². The predicted octanol–water partition coefficient (Wildman–Crippen LogP) is 6.11. The van der Waals surface area contributed by atoms with Crippen molar-refractivity contribution in [3.8, 4) is 11.5 Å². The molecule has 0 saturated carbocycles. The zero-order valence-electron chi connectivity index (χ0n) is 29.6. The number of nitrogens with zero attached hydrogens (tertiary/aromatic N) is 4. The molecular formula is C32H40Br2Cl2F2N6O7S2. The lowest BCUT2D eigenvalue weighted by Gasteiger charge is -2.44. The SMILES string of the molecule is COc1c(F)cc(Br)cc1S(=O)(=O)N1CCC(NN)C(C)(C)C1.COc1c(F)cc(Br)cc1S(=O)(=O)N1CCC(n2ncc(Cl)c(Cl)c2=O)CC1(C)C. The summed E-state index contributed by atoms with van der Waals surface area (Å²) in [6.45, 7) is 8.03. The molecule has 3 heterocycles. The summed E-state index contributed by atoms with van der Waals surface area (Å²) in [6.07, 6.45) is 2.46. The van der Waals surface area contributed by atoms with E-state index >= 15 is 0 Å². The van der Waals surface area contributed by atoms with Crippen molar-refractivity contribution in [2.45, 2.75) is 74.4 Å². The van der Waals surface area contributed by atoms with E-state index in [9.17, 15) is 30.4 Å². The van der Waals surface area contributed by atoms with Crippen molar-refractivity contribution in [3.05, 3.63) is 71.4 Å². The molecule has 2 saturated heterocycles. The Labute approximate surface area is 334 Å². The van der Waals surface area contributed by atoms with E-state index in [1.165, 1.54) is 51.9 Å². The third kappa shape index (κ3) is 9.05. The van der Waals surface area contributed by atoms with Crippen molar-refractivity contribution in [1.82, 2.24) is 23.8 Å². The highest BCUT2D eigenvalue weighted by molar-refractivity contribution is 9.10. The van der Waals surface area contributed by atoms with Gasteiger partial charge in [0.2, 0.25) is 20.0 Å². The number of hydrazine groups is 1. The molecule has 2 aromatic carbocycles. The van der Waals surface area contributed by atoms with Crippen LogP contribution < -0.4 is 26.3 Å². The molecule has 3 N–H and O–H groups in total. The highest BCUT2D eigenvalue weighted by Crippen LogP contribution is 2.41. The molecule has 2 aliphatic heterocycles. The van der Waals surface area contributed by atoms with Crippen LogP contribution in [0, 0.1) is 17.0 Å². The highest BCUT2D eigenvalue weighted by Gasteiger charge is 2.45. The Hall–Kier alpha value is -1.94. The van der Waals surface area contributed by atoms with E-state index in [1.807, 2.05) is 13.8 Å². The Morgan fingerprint density at radius 3 is 1.91 bits per heavy atom. The van der Waals surface area contributed by atoms with E-state index in [4.69, 9.17) is 38.5 Å². The Kier molecular flexibility index (Phi) is 13.8. The summed E-state index contributed by atoms with van der Waals surface area (Å²) in [7, 11) is -5.52.